The minimum absolute atomic E-state index is 0. The van der Waals surface area contributed by atoms with Gasteiger partial charge in [0.1, 0.15) is 23.0 Å². The van der Waals surface area contributed by atoms with Gasteiger partial charge in [0, 0.05) is 66.6 Å². The predicted octanol–water partition coefficient (Wildman–Crippen LogP) is 7.04. The van der Waals surface area contributed by atoms with Crippen LogP contribution in [0.15, 0.2) is 65.4 Å². The first-order valence-corrected chi connectivity index (χ1v) is 15.4. The molecule has 0 atom stereocenters. The number of anilines is 1. The molecule has 0 amide bonds. The zero-order chi connectivity index (χ0) is 29.8. The predicted molar refractivity (Wildman–Crippen MR) is 177 cm³/mol. The molecule has 5 aromatic rings. The summed E-state index contributed by atoms with van der Waals surface area (Å²) in [5, 5.41) is 44.4. The van der Waals surface area contributed by atoms with Crippen molar-refractivity contribution in [1.82, 2.24) is 14.9 Å². The molecular weight excluding hydrogens is 581 g/mol. The Hall–Kier alpha value is -4.12. The monoisotopic (exact) mass is 618 g/mol. The maximum Gasteiger partial charge on any atom is 0.185 e. The van der Waals surface area contributed by atoms with Crippen LogP contribution in [-0.2, 0) is 6.42 Å². The summed E-state index contributed by atoms with van der Waals surface area (Å²) in [7, 11) is 2.12. The van der Waals surface area contributed by atoms with Crippen molar-refractivity contribution < 1.29 is 20.4 Å². The Bertz CT molecular complexity index is 1660. The molecule has 0 aliphatic carbocycles. The number of phenols is 4. The number of piperazine rings is 1. The highest BCUT2D eigenvalue weighted by molar-refractivity contribution is 7.14. The van der Waals surface area contributed by atoms with E-state index in [1.807, 2.05) is 10.8 Å². The smallest absolute Gasteiger partial charge is 0.185 e. The van der Waals surface area contributed by atoms with E-state index in [1.165, 1.54) is 28.8 Å². The molecule has 1 saturated heterocycles. The molecular formula is C33H38N4O4S2. The Labute approximate surface area is 260 Å². The third-order valence-electron chi connectivity index (χ3n) is 6.97. The first-order valence-electron chi connectivity index (χ1n) is 13.6. The van der Waals surface area contributed by atoms with Crippen LogP contribution in [0.2, 0.25) is 0 Å². The van der Waals surface area contributed by atoms with E-state index in [9.17, 15) is 20.4 Å². The number of aromatic nitrogens is 2. The summed E-state index contributed by atoms with van der Waals surface area (Å²) >= 11 is 3.17. The second-order valence-electron chi connectivity index (χ2n) is 10.5. The molecule has 1 aliphatic heterocycles. The van der Waals surface area contributed by atoms with Crippen molar-refractivity contribution in [2.24, 2.45) is 0 Å². The first kappa shape index (κ1) is 31.8. The maximum atomic E-state index is 9.92. The van der Waals surface area contributed by atoms with Gasteiger partial charge in [-0.2, -0.15) is 0 Å². The molecule has 2 aromatic heterocycles. The number of rotatable bonds is 5. The van der Waals surface area contributed by atoms with Gasteiger partial charge in [-0.25, -0.2) is 9.97 Å². The molecule has 3 aromatic carbocycles. The van der Waals surface area contributed by atoms with Crippen LogP contribution in [0, 0.1) is 13.8 Å². The number of aryl methyl sites for hydroxylation is 2. The van der Waals surface area contributed by atoms with Crippen LogP contribution in [0.1, 0.15) is 29.1 Å². The number of hydrogen-bond donors (Lipinski definition) is 4. The molecule has 226 valence electrons. The van der Waals surface area contributed by atoms with Crippen molar-refractivity contribution in [1.29, 1.82) is 0 Å². The Balaban J connectivity index is 0.000000193. The lowest BCUT2D eigenvalue weighted by Crippen LogP contribution is -2.44. The molecule has 0 unspecified atom stereocenters. The highest BCUT2D eigenvalue weighted by Gasteiger charge is 2.18. The topological polar surface area (TPSA) is 113 Å². The van der Waals surface area contributed by atoms with Crippen molar-refractivity contribution in [3.05, 3.63) is 87.1 Å². The van der Waals surface area contributed by atoms with Gasteiger partial charge in [-0.05, 0) is 50.7 Å². The summed E-state index contributed by atoms with van der Waals surface area (Å²) < 4.78 is 0. The van der Waals surface area contributed by atoms with E-state index in [2.05, 4.69) is 58.9 Å². The van der Waals surface area contributed by atoms with Crippen molar-refractivity contribution in [3.8, 4) is 45.5 Å². The van der Waals surface area contributed by atoms with Gasteiger partial charge in [-0.1, -0.05) is 36.8 Å². The maximum absolute atomic E-state index is 9.92. The van der Waals surface area contributed by atoms with Crippen LogP contribution in [0.4, 0.5) is 5.13 Å². The quantitative estimate of drug-likeness (QED) is 0.166. The van der Waals surface area contributed by atoms with E-state index in [-0.39, 0.29) is 30.4 Å². The van der Waals surface area contributed by atoms with Crippen LogP contribution in [0.5, 0.6) is 23.0 Å². The largest absolute Gasteiger partial charge is 0.508 e. The van der Waals surface area contributed by atoms with E-state index >= 15 is 0 Å². The third kappa shape index (κ3) is 8.04. The molecule has 8 nitrogen and oxygen atoms in total. The van der Waals surface area contributed by atoms with Crippen molar-refractivity contribution in [3.63, 3.8) is 0 Å². The van der Waals surface area contributed by atoms with Gasteiger partial charge in [0.15, 0.2) is 5.13 Å². The Morgan fingerprint density at radius 2 is 1.23 bits per heavy atom. The standard InChI is InChI=1S/C18H17NO2S.C14H17N3O2S.CH4/c1-11-5-12(2)7-13(6-11)8-18-19-16(10-22-18)15-4-3-14(20)9-17(15)21;1-16-4-6-17(7-5-16)14-15-12(9-20-14)11-3-2-10(18)8-13(11)19;/h3-7,9-10,20-21H,8H2,1-2H3;2-3,8-9,18-19H,4-7H2,1H3;1H4. The molecule has 0 spiro atoms. The number of thiazole rings is 2. The highest BCUT2D eigenvalue weighted by Crippen LogP contribution is 2.35. The molecule has 0 saturated carbocycles. The van der Waals surface area contributed by atoms with Gasteiger partial charge in [-0.3, -0.25) is 0 Å². The summed E-state index contributed by atoms with van der Waals surface area (Å²) in [6.07, 6.45) is 0.784. The SMILES string of the molecule is C.CN1CCN(c2nc(-c3ccc(O)cc3O)cs2)CC1.Cc1cc(C)cc(Cc2nc(-c3ccc(O)cc3O)cs2)c1. The average Bonchev–Trinajstić information content (AvgIpc) is 3.59. The molecule has 0 bridgehead atoms. The van der Waals surface area contributed by atoms with E-state index in [4.69, 9.17) is 0 Å². The summed E-state index contributed by atoms with van der Waals surface area (Å²) in [5.74, 6) is 0.205. The second kappa shape index (κ2) is 13.9. The number of nitrogens with zero attached hydrogens (tertiary/aromatic N) is 4. The molecule has 10 heteroatoms. The fourth-order valence-electron chi connectivity index (χ4n) is 4.87. The van der Waals surface area contributed by atoms with Crippen LogP contribution in [0.3, 0.4) is 0 Å². The minimum atomic E-state index is 0. The number of aromatic hydroxyl groups is 4. The third-order valence-corrected chi connectivity index (χ3v) is 8.72. The summed E-state index contributed by atoms with van der Waals surface area (Å²) in [5.41, 5.74) is 6.53. The van der Waals surface area contributed by atoms with Crippen molar-refractivity contribution >= 4 is 27.8 Å². The molecule has 4 N–H and O–H groups in total. The van der Waals surface area contributed by atoms with Gasteiger partial charge in [-0.15, -0.1) is 22.7 Å². The average molecular weight is 619 g/mol. The highest BCUT2D eigenvalue weighted by atomic mass is 32.1. The van der Waals surface area contributed by atoms with E-state index in [0.717, 1.165) is 54.1 Å². The number of phenolic OH excluding ortho intramolecular Hbond substituents is 4. The lowest BCUT2D eigenvalue weighted by Gasteiger charge is -2.32. The molecule has 3 heterocycles. The summed E-state index contributed by atoms with van der Waals surface area (Å²) in [6.45, 7) is 8.23. The number of likely N-dealkylation sites (N-methyl/N-ethyl adjacent to an activating group) is 1. The lowest BCUT2D eigenvalue weighted by molar-refractivity contribution is 0.313. The molecule has 1 fully saturated rings. The lowest BCUT2D eigenvalue weighted by atomic mass is 10.1. The van der Waals surface area contributed by atoms with Crippen LogP contribution >= 0.6 is 22.7 Å². The normalized spacial score (nSPS) is 13.2. The fourth-order valence-corrected chi connectivity index (χ4v) is 6.57. The Kier molecular flexibility index (Phi) is 10.3. The van der Waals surface area contributed by atoms with Crippen LogP contribution in [0.25, 0.3) is 22.5 Å². The Morgan fingerprint density at radius 1 is 0.698 bits per heavy atom. The van der Waals surface area contributed by atoms with Crippen LogP contribution < -0.4 is 4.90 Å². The van der Waals surface area contributed by atoms with Crippen LogP contribution in [-0.4, -0.2) is 68.5 Å². The molecule has 1 aliphatic rings. The zero-order valence-corrected chi connectivity index (χ0v) is 25.4. The molecule has 0 radical (unpaired) electrons. The van der Waals surface area contributed by atoms with Gasteiger partial charge < -0.3 is 30.2 Å². The molecule has 43 heavy (non-hydrogen) atoms. The van der Waals surface area contributed by atoms with Crippen molar-refractivity contribution in [2.75, 3.05) is 38.1 Å². The van der Waals surface area contributed by atoms with E-state index in [0.29, 0.717) is 11.1 Å². The van der Waals surface area contributed by atoms with Gasteiger partial charge in [0.25, 0.3) is 0 Å². The number of hydrogen-bond acceptors (Lipinski definition) is 10. The summed E-state index contributed by atoms with van der Waals surface area (Å²) in [4.78, 5) is 13.8. The van der Waals surface area contributed by atoms with Gasteiger partial charge in [0.05, 0.1) is 16.4 Å². The minimum Gasteiger partial charge on any atom is -0.508 e. The molecule has 6 rings (SSSR count). The van der Waals surface area contributed by atoms with Crippen molar-refractivity contribution in [2.45, 2.75) is 27.7 Å². The van der Waals surface area contributed by atoms with Gasteiger partial charge >= 0.3 is 0 Å². The van der Waals surface area contributed by atoms with E-state index in [1.54, 1.807) is 46.9 Å². The zero-order valence-electron chi connectivity index (χ0n) is 23.8. The van der Waals surface area contributed by atoms with E-state index < -0.39 is 0 Å². The second-order valence-corrected chi connectivity index (χ2v) is 12.3. The van der Waals surface area contributed by atoms with Gasteiger partial charge in [0.2, 0.25) is 0 Å². The summed E-state index contributed by atoms with van der Waals surface area (Å²) in [6, 6.07) is 15.7. The Morgan fingerprint density at radius 3 is 1.79 bits per heavy atom. The number of benzene rings is 3. The first-order chi connectivity index (χ1) is 20.1. The fraction of sp³-hybridized carbons (Fsp3) is 0.273.